The lowest BCUT2D eigenvalue weighted by atomic mass is 10.2. The molecule has 0 saturated carbocycles. The molecule has 2 aromatic rings. The molecular formula is C14H15ClIN3O. The second-order valence-corrected chi connectivity index (χ2v) is 5.63. The number of aryl methyl sites for hydroxylation is 1. The van der Waals surface area contributed by atoms with E-state index in [0.717, 1.165) is 27.2 Å². The average Bonchev–Trinajstić information content (AvgIpc) is 2.43. The SMILES string of the molecule is CCNc1nc(-c2c(Cl)cccc2OC)nc(C)c1I. The molecule has 0 aliphatic heterocycles. The van der Waals surface area contributed by atoms with Gasteiger partial charge in [-0.05, 0) is 48.6 Å². The lowest BCUT2D eigenvalue weighted by Gasteiger charge is -2.13. The van der Waals surface area contributed by atoms with Crippen molar-refractivity contribution in [1.82, 2.24) is 9.97 Å². The first kappa shape index (κ1) is 15.3. The van der Waals surface area contributed by atoms with Crippen LogP contribution in [-0.4, -0.2) is 23.6 Å². The monoisotopic (exact) mass is 403 g/mol. The summed E-state index contributed by atoms with van der Waals surface area (Å²) in [6.07, 6.45) is 0. The number of methoxy groups -OCH3 is 1. The summed E-state index contributed by atoms with van der Waals surface area (Å²) in [5.41, 5.74) is 1.63. The van der Waals surface area contributed by atoms with Gasteiger partial charge in [0.1, 0.15) is 11.6 Å². The van der Waals surface area contributed by atoms with Gasteiger partial charge in [-0.2, -0.15) is 0 Å². The molecule has 0 amide bonds. The summed E-state index contributed by atoms with van der Waals surface area (Å²) in [7, 11) is 1.61. The van der Waals surface area contributed by atoms with Gasteiger partial charge in [-0.1, -0.05) is 17.7 Å². The number of anilines is 1. The highest BCUT2D eigenvalue weighted by molar-refractivity contribution is 14.1. The van der Waals surface area contributed by atoms with Crippen LogP contribution in [0.1, 0.15) is 12.6 Å². The van der Waals surface area contributed by atoms with E-state index < -0.39 is 0 Å². The van der Waals surface area contributed by atoms with Crippen molar-refractivity contribution in [2.75, 3.05) is 19.0 Å². The predicted octanol–water partition coefficient (Wildman–Crippen LogP) is 4.15. The summed E-state index contributed by atoms with van der Waals surface area (Å²) in [6, 6.07) is 5.50. The summed E-state index contributed by atoms with van der Waals surface area (Å²) in [5, 5.41) is 3.82. The maximum absolute atomic E-state index is 6.28. The van der Waals surface area contributed by atoms with E-state index >= 15 is 0 Å². The molecule has 0 radical (unpaired) electrons. The minimum Gasteiger partial charge on any atom is -0.496 e. The van der Waals surface area contributed by atoms with Crippen molar-refractivity contribution >= 4 is 40.0 Å². The van der Waals surface area contributed by atoms with Gasteiger partial charge in [-0.25, -0.2) is 9.97 Å². The maximum Gasteiger partial charge on any atom is 0.167 e. The normalized spacial score (nSPS) is 10.4. The first-order chi connectivity index (χ1) is 9.58. The smallest absolute Gasteiger partial charge is 0.167 e. The Morgan fingerprint density at radius 2 is 2.10 bits per heavy atom. The van der Waals surface area contributed by atoms with Crippen LogP contribution >= 0.6 is 34.2 Å². The third-order valence-corrected chi connectivity index (χ3v) is 4.39. The van der Waals surface area contributed by atoms with Gasteiger partial charge in [0.15, 0.2) is 5.82 Å². The van der Waals surface area contributed by atoms with Crippen molar-refractivity contribution < 1.29 is 4.74 Å². The molecule has 0 aliphatic rings. The van der Waals surface area contributed by atoms with Crippen LogP contribution in [0.15, 0.2) is 18.2 Å². The van der Waals surface area contributed by atoms with Crippen molar-refractivity contribution in [2.45, 2.75) is 13.8 Å². The number of aromatic nitrogens is 2. The van der Waals surface area contributed by atoms with E-state index in [1.807, 2.05) is 32.0 Å². The van der Waals surface area contributed by atoms with E-state index in [-0.39, 0.29) is 0 Å². The Kier molecular flexibility index (Phi) is 5.04. The molecule has 0 aliphatic carbocycles. The molecule has 0 fully saturated rings. The van der Waals surface area contributed by atoms with Crippen molar-refractivity contribution in [1.29, 1.82) is 0 Å². The molecule has 0 atom stereocenters. The van der Waals surface area contributed by atoms with Gasteiger partial charge >= 0.3 is 0 Å². The van der Waals surface area contributed by atoms with Gasteiger partial charge in [0.2, 0.25) is 0 Å². The molecule has 0 bridgehead atoms. The van der Waals surface area contributed by atoms with Crippen molar-refractivity contribution in [2.24, 2.45) is 0 Å². The molecule has 1 N–H and O–H groups in total. The Labute approximate surface area is 137 Å². The van der Waals surface area contributed by atoms with Gasteiger partial charge in [0.25, 0.3) is 0 Å². The van der Waals surface area contributed by atoms with E-state index in [1.165, 1.54) is 0 Å². The Hall–Kier alpha value is -1.08. The fraction of sp³-hybridized carbons (Fsp3) is 0.286. The molecule has 20 heavy (non-hydrogen) atoms. The van der Waals surface area contributed by atoms with Gasteiger partial charge in [-0.15, -0.1) is 0 Å². The number of hydrogen-bond donors (Lipinski definition) is 1. The fourth-order valence-corrected chi connectivity index (χ4v) is 2.53. The van der Waals surface area contributed by atoms with Crippen molar-refractivity contribution in [3.05, 3.63) is 32.5 Å². The highest BCUT2D eigenvalue weighted by atomic mass is 127. The maximum atomic E-state index is 6.28. The molecule has 1 aromatic heterocycles. The van der Waals surface area contributed by atoms with Gasteiger partial charge in [0.05, 0.1) is 27.0 Å². The summed E-state index contributed by atoms with van der Waals surface area (Å²) >= 11 is 8.52. The fourth-order valence-electron chi connectivity index (χ4n) is 1.85. The first-order valence-corrected chi connectivity index (χ1v) is 7.65. The van der Waals surface area contributed by atoms with Crippen molar-refractivity contribution in [3.63, 3.8) is 0 Å². The zero-order valence-electron chi connectivity index (χ0n) is 11.5. The summed E-state index contributed by atoms with van der Waals surface area (Å²) in [5.74, 6) is 2.06. The molecule has 1 heterocycles. The molecule has 6 heteroatoms. The molecule has 4 nitrogen and oxygen atoms in total. The van der Waals surface area contributed by atoms with Crippen LogP contribution in [0.4, 0.5) is 5.82 Å². The van der Waals surface area contributed by atoms with E-state index in [4.69, 9.17) is 16.3 Å². The molecule has 0 unspecified atom stereocenters. The first-order valence-electron chi connectivity index (χ1n) is 6.19. The highest BCUT2D eigenvalue weighted by Gasteiger charge is 2.16. The largest absolute Gasteiger partial charge is 0.496 e. The quantitative estimate of drug-likeness (QED) is 0.779. The zero-order chi connectivity index (χ0) is 14.7. The minimum absolute atomic E-state index is 0.571. The zero-order valence-corrected chi connectivity index (χ0v) is 14.4. The minimum atomic E-state index is 0.571. The van der Waals surface area contributed by atoms with Crippen LogP contribution < -0.4 is 10.1 Å². The number of nitrogens with one attached hydrogen (secondary N) is 1. The Morgan fingerprint density at radius 1 is 1.35 bits per heavy atom. The number of halogens is 2. The van der Waals surface area contributed by atoms with E-state index in [0.29, 0.717) is 16.6 Å². The van der Waals surface area contributed by atoms with Crippen LogP contribution in [0.25, 0.3) is 11.4 Å². The van der Waals surface area contributed by atoms with Gasteiger partial charge < -0.3 is 10.1 Å². The second-order valence-electron chi connectivity index (χ2n) is 4.14. The highest BCUT2D eigenvalue weighted by Crippen LogP contribution is 2.35. The predicted molar refractivity (Wildman–Crippen MR) is 90.6 cm³/mol. The summed E-state index contributed by atoms with van der Waals surface area (Å²) in [6.45, 7) is 4.78. The summed E-state index contributed by atoms with van der Waals surface area (Å²) in [4.78, 5) is 9.10. The number of hydrogen-bond acceptors (Lipinski definition) is 4. The third-order valence-electron chi connectivity index (χ3n) is 2.78. The number of nitrogens with zero attached hydrogens (tertiary/aromatic N) is 2. The second kappa shape index (κ2) is 6.58. The number of rotatable bonds is 4. The van der Waals surface area contributed by atoms with E-state index in [9.17, 15) is 0 Å². The lowest BCUT2D eigenvalue weighted by Crippen LogP contribution is -2.06. The lowest BCUT2D eigenvalue weighted by molar-refractivity contribution is 0.416. The Balaban J connectivity index is 2.64. The van der Waals surface area contributed by atoms with E-state index in [1.54, 1.807) is 7.11 Å². The van der Waals surface area contributed by atoms with E-state index in [2.05, 4.69) is 37.9 Å². The van der Waals surface area contributed by atoms with Crippen LogP contribution in [0.2, 0.25) is 5.02 Å². The van der Waals surface area contributed by atoms with Gasteiger partial charge in [-0.3, -0.25) is 0 Å². The van der Waals surface area contributed by atoms with Crippen LogP contribution in [0.3, 0.4) is 0 Å². The van der Waals surface area contributed by atoms with Crippen LogP contribution in [-0.2, 0) is 0 Å². The third kappa shape index (κ3) is 2.98. The van der Waals surface area contributed by atoms with Crippen molar-refractivity contribution in [3.8, 4) is 17.1 Å². The molecule has 106 valence electrons. The molecule has 0 spiro atoms. The van der Waals surface area contributed by atoms with Gasteiger partial charge in [0, 0.05) is 6.54 Å². The standard InChI is InChI=1S/C14H15ClIN3O/c1-4-17-14-12(16)8(2)18-13(19-14)11-9(15)6-5-7-10(11)20-3/h5-7H,4H2,1-3H3,(H,17,18,19). The van der Waals surface area contributed by atoms with Crippen LogP contribution in [0, 0.1) is 10.5 Å². The number of ether oxygens (including phenoxy) is 1. The molecule has 2 rings (SSSR count). The van der Waals surface area contributed by atoms with Crippen LogP contribution in [0.5, 0.6) is 5.75 Å². The molecular weight excluding hydrogens is 389 g/mol. The molecule has 0 saturated heterocycles. The number of benzene rings is 1. The molecule has 1 aromatic carbocycles. The topological polar surface area (TPSA) is 47.0 Å². The Bertz CT molecular complexity index is 634. The Morgan fingerprint density at radius 3 is 2.75 bits per heavy atom. The average molecular weight is 404 g/mol. The summed E-state index contributed by atoms with van der Waals surface area (Å²) < 4.78 is 6.38.